The fraction of sp³-hybridized carbons (Fsp3) is 0.533. The van der Waals surface area contributed by atoms with Gasteiger partial charge in [0.1, 0.15) is 13.2 Å². The van der Waals surface area contributed by atoms with Crippen LogP contribution in [0.25, 0.3) is 0 Å². The molecule has 0 saturated carbocycles. The van der Waals surface area contributed by atoms with Crippen molar-refractivity contribution in [1.29, 1.82) is 0 Å². The van der Waals surface area contributed by atoms with Crippen LogP contribution in [0.4, 0.5) is 0 Å². The number of fused-ring (bicyclic) bond motifs is 1. The van der Waals surface area contributed by atoms with Gasteiger partial charge in [0.15, 0.2) is 11.5 Å². The standard InChI is InChI=1S/C15H19ClN2O4.ClH/c16-12-5-10(6-13-15(12)22-4-3-21-13)8-18-14(19)7-11-9-20-2-1-17-11;/h5-6,11,17H,1-4,7-9H2,(H,18,19);1H. The van der Waals surface area contributed by atoms with Crippen LogP contribution in [0, 0.1) is 0 Å². The third kappa shape index (κ3) is 4.88. The van der Waals surface area contributed by atoms with E-state index in [0.717, 1.165) is 12.1 Å². The maximum absolute atomic E-state index is 12.0. The lowest BCUT2D eigenvalue weighted by Gasteiger charge is -2.23. The molecule has 1 aromatic rings. The molecule has 1 fully saturated rings. The maximum atomic E-state index is 12.0. The summed E-state index contributed by atoms with van der Waals surface area (Å²) in [6.45, 7) is 3.47. The molecular formula is C15H20Cl2N2O4. The second kappa shape index (κ2) is 8.59. The Morgan fingerprint density at radius 2 is 2.13 bits per heavy atom. The molecule has 6 nitrogen and oxygen atoms in total. The lowest BCUT2D eigenvalue weighted by Crippen LogP contribution is -2.44. The van der Waals surface area contributed by atoms with Crippen LogP contribution >= 0.6 is 24.0 Å². The molecule has 128 valence electrons. The van der Waals surface area contributed by atoms with Gasteiger partial charge in [-0.15, -0.1) is 12.4 Å². The van der Waals surface area contributed by atoms with E-state index in [1.54, 1.807) is 6.07 Å². The smallest absolute Gasteiger partial charge is 0.221 e. The molecule has 2 N–H and O–H groups in total. The highest BCUT2D eigenvalue weighted by Gasteiger charge is 2.18. The Balaban J connectivity index is 0.00000192. The highest BCUT2D eigenvalue weighted by atomic mass is 35.5. The number of hydrogen-bond donors (Lipinski definition) is 2. The third-order valence-electron chi connectivity index (χ3n) is 3.58. The Morgan fingerprint density at radius 1 is 1.30 bits per heavy atom. The van der Waals surface area contributed by atoms with E-state index in [-0.39, 0.29) is 24.4 Å². The summed E-state index contributed by atoms with van der Waals surface area (Å²) in [5, 5.41) is 6.65. The molecule has 0 spiro atoms. The number of hydrogen-bond acceptors (Lipinski definition) is 5. The Bertz CT molecular complexity index is 551. The molecule has 1 saturated heterocycles. The van der Waals surface area contributed by atoms with Crippen LogP contribution in [-0.2, 0) is 16.1 Å². The van der Waals surface area contributed by atoms with Crippen LogP contribution in [0.5, 0.6) is 11.5 Å². The van der Waals surface area contributed by atoms with Crippen molar-refractivity contribution >= 4 is 29.9 Å². The Hall–Kier alpha value is -1.21. The number of ether oxygens (including phenoxy) is 3. The van der Waals surface area contributed by atoms with Crippen LogP contribution in [0.15, 0.2) is 12.1 Å². The van der Waals surface area contributed by atoms with Crippen molar-refractivity contribution in [3.8, 4) is 11.5 Å². The first-order chi connectivity index (χ1) is 10.7. The van der Waals surface area contributed by atoms with Crippen LogP contribution in [-0.4, -0.2) is 44.9 Å². The Labute approximate surface area is 146 Å². The van der Waals surface area contributed by atoms with Crippen LogP contribution in [0.3, 0.4) is 0 Å². The van der Waals surface area contributed by atoms with Crippen molar-refractivity contribution in [2.45, 2.75) is 19.0 Å². The zero-order chi connectivity index (χ0) is 15.4. The van der Waals surface area contributed by atoms with Crippen LogP contribution in [0.2, 0.25) is 5.02 Å². The molecule has 0 aromatic heterocycles. The van der Waals surface area contributed by atoms with Crippen molar-refractivity contribution in [2.75, 3.05) is 33.0 Å². The van der Waals surface area contributed by atoms with E-state index in [1.165, 1.54) is 0 Å². The first-order valence-electron chi connectivity index (χ1n) is 7.38. The van der Waals surface area contributed by atoms with E-state index in [2.05, 4.69) is 10.6 Å². The molecule has 1 unspecified atom stereocenters. The van der Waals surface area contributed by atoms with Gasteiger partial charge in [-0.05, 0) is 17.7 Å². The van der Waals surface area contributed by atoms with Gasteiger partial charge in [-0.3, -0.25) is 4.79 Å². The number of amides is 1. The number of carbonyl (C=O) groups is 1. The third-order valence-corrected chi connectivity index (χ3v) is 3.86. The van der Waals surface area contributed by atoms with Gasteiger partial charge < -0.3 is 24.8 Å². The Morgan fingerprint density at radius 3 is 2.91 bits per heavy atom. The number of carbonyl (C=O) groups excluding carboxylic acids is 1. The van der Waals surface area contributed by atoms with Gasteiger partial charge in [0.05, 0.1) is 18.2 Å². The van der Waals surface area contributed by atoms with E-state index >= 15 is 0 Å². The van der Waals surface area contributed by atoms with E-state index in [4.69, 9.17) is 25.8 Å². The molecule has 3 rings (SSSR count). The number of halogens is 2. The number of benzene rings is 1. The average Bonchev–Trinajstić information content (AvgIpc) is 2.54. The van der Waals surface area contributed by atoms with Gasteiger partial charge in [0, 0.05) is 25.6 Å². The van der Waals surface area contributed by atoms with Gasteiger partial charge in [-0.25, -0.2) is 0 Å². The van der Waals surface area contributed by atoms with Crippen molar-refractivity contribution in [3.63, 3.8) is 0 Å². The normalized spacial score (nSPS) is 19.6. The SMILES string of the molecule is Cl.O=C(CC1COCCN1)NCc1cc(Cl)c2c(c1)OCCO2. The summed E-state index contributed by atoms with van der Waals surface area (Å²) in [6.07, 6.45) is 0.401. The van der Waals surface area contributed by atoms with E-state index in [9.17, 15) is 4.79 Å². The molecular weight excluding hydrogens is 343 g/mol. The molecule has 2 aliphatic rings. The summed E-state index contributed by atoms with van der Waals surface area (Å²) in [4.78, 5) is 12.0. The zero-order valence-electron chi connectivity index (χ0n) is 12.6. The predicted octanol–water partition coefficient (Wildman–Crippen LogP) is 1.53. The summed E-state index contributed by atoms with van der Waals surface area (Å²) in [5.74, 6) is 1.19. The molecule has 1 amide bonds. The number of rotatable bonds is 4. The van der Waals surface area contributed by atoms with Crippen LogP contribution in [0.1, 0.15) is 12.0 Å². The summed E-state index contributed by atoms with van der Waals surface area (Å²) in [6, 6.07) is 3.72. The fourth-order valence-corrected chi connectivity index (χ4v) is 2.80. The second-order valence-electron chi connectivity index (χ2n) is 5.31. The molecule has 0 aliphatic carbocycles. The minimum absolute atomic E-state index is 0. The number of morpholine rings is 1. The van der Waals surface area contributed by atoms with Gasteiger partial charge in [0.2, 0.25) is 5.91 Å². The summed E-state index contributed by atoms with van der Waals surface area (Å²) in [5.41, 5.74) is 0.885. The topological polar surface area (TPSA) is 68.8 Å². The molecule has 23 heavy (non-hydrogen) atoms. The van der Waals surface area contributed by atoms with E-state index < -0.39 is 0 Å². The fourth-order valence-electron chi connectivity index (χ4n) is 2.51. The molecule has 2 aliphatic heterocycles. The minimum Gasteiger partial charge on any atom is -0.486 e. The minimum atomic E-state index is -0.0194. The van der Waals surface area contributed by atoms with E-state index in [0.29, 0.717) is 55.9 Å². The van der Waals surface area contributed by atoms with Crippen LogP contribution < -0.4 is 20.1 Å². The molecule has 1 atom stereocenters. The predicted molar refractivity (Wildman–Crippen MR) is 88.8 cm³/mol. The quantitative estimate of drug-likeness (QED) is 0.849. The molecule has 1 aromatic carbocycles. The first kappa shape index (κ1) is 18.1. The van der Waals surface area contributed by atoms with Gasteiger partial charge in [-0.2, -0.15) is 0 Å². The Kier molecular flexibility index (Phi) is 6.77. The van der Waals surface area contributed by atoms with Gasteiger partial charge >= 0.3 is 0 Å². The average molecular weight is 363 g/mol. The lowest BCUT2D eigenvalue weighted by molar-refractivity contribution is -0.122. The first-order valence-corrected chi connectivity index (χ1v) is 7.76. The van der Waals surface area contributed by atoms with Gasteiger partial charge in [0.25, 0.3) is 0 Å². The highest BCUT2D eigenvalue weighted by molar-refractivity contribution is 6.32. The van der Waals surface area contributed by atoms with Crippen molar-refractivity contribution < 1.29 is 19.0 Å². The molecule has 2 heterocycles. The maximum Gasteiger partial charge on any atom is 0.221 e. The van der Waals surface area contributed by atoms with Crippen molar-refractivity contribution in [3.05, 3.63) is 22.7 Å². The molecule has 0 radical (unpaired) electrons. The largest absolute Gasteiger partial charge is 0.486 e. The van der Waals surface area contributed by atoms with Crippen molar-refractivity contribution in [2.24, 2.45) is 0 Å². The van der Waals surface area contributed by atoms with Gasteiger partial charge in [-0.1, -0.05) is 11.6 Å². The zero-order valence-corrected chi connectivity index (χ0v) is 14.2. The summed E-state index contributed by atoms with van der Waals surface area (Å²) < 4.78 is 16.3. The highest BCUT2D eigenvalue weighted by Crippen LogP contribution is 2.38. The second-order valence-corrected chi connectivity index (χ2v) is 5.72. The van der Waals surface area contributed by atoms with Crippen molar-refractivity contribution in [1.82, 2.24) is 10.6 Å². The summed E-state index contributed by atoms with van der Waals surface area (Å²) >= 11 is 6.17. The summed E-state index contributed by atoms with van der Waals surface area (Å²) in [7, 11) is 0. The lowest BCUT2D eigenvalue weighted by atomic mass is 10.1. The molecule has 8 heteroatoms. The number of nitrogens with one attached hydrogen (secondary N) is 2. The molecule has 0 bridgehead atoms. The van der Waals surface area contributed by atoms with E-state index in [1.807, 2.05) is 6.07 Å². The monoisotopic (exact) mass is 362 g/mol.